The summed E-state index contributed by atoms with van der Waals surface area (Å²) in [6.45, 7) is 1.38. The van der Waals surface area contributed by atoms with Crippen LogP contribution in [0.2, 0.25) is 0 Å². The summed E-state index contributed by atoms with van der Waals surface area (Å²) >= 11 is 1.68. The summed E-state index contributed by atoms with van der Waals surface area (Å²) in [4.78, 5) is 12.1. The number of hydrogen-bond donors (Lipinski definition) is 1. The predicted octanol–water partition coefficient (Wildman–Crippen LogP) is 3.08. The van der Waals surface area contributed by atoms with Crippen LogP contribution in [0.4, 0.5) is 5.82 Å². The van der Waals surface area contributed by atoms with Crippen molar-refractivity contribution in [3.05, 3.63) is 48.3 Å². The number of nitrogens with zero attached hydrogens (tertiary/aromatic N) is 3. The third-order valence-corrected chi connectivity index (χ3v) is 5.03. The maximum absolute atomic E-state index is 9.57. The molecule has 0 unspecified atom stereocenters. The fraction of sp³-hybridized carbons (Fsp3) is 0.263. The molecule has 0 saturated carbocycles. The molecule has 0 radical (unpaired) electrons. The topological polar surface area (TPSA) is 67.7 Å². The summed E-state index contributed by atoms with van der Waals surface area (Å²) < 4.78 is 10.8. The quantitative estimate of drug-likeness (QED) is 0.670. The second-order valence-electron chi connectivity index (χ2n) is 5.91. The molecule has 6 nitrogen and oxygen atoms in total. The number of thioether (sulfide) groups is 1. The number of ether oxygens (including phenoxy) is 2. The van der Waals surface area contributed by atoms with E-state index in [-0.39, 0.29) is 13.4 Å². The number of fused-ring (bicyclic) bond motifs is 2. The van der Waals surface area contributed by atoms with E-state index in [2.05, 4.69) is 27.0 Å². The lowest BCUT2D eigenvalue weighted by Gasteiger charge is -2.24. The molecule has 7 heteroatoms. The Morgan fingerprint density at radius 2 is 2.00 bits per heavy atom. The minimum Gasteiger partial charge on any atom is -0.454 e. The molecule has 2 heterocycles. The Labute approximate surface area is 155 Å². The van der Waals surface area contributed by atoms with Gasteiger partial charge < -0.3 is 19.5 Å². The molecule has 1 N–H and O–H groups in total. The first-order chi connectivity index (χ1) is 12.8. The van der Waals surface area contributed by atoms with Crippen molar-refractivity contribution in [1.29, 1.82) is 0 Å². The van der Waals surface area contributed by atoms with Gasteiger partial charge in [0.1, 0.15) is 12.1 Å². The molecule has 0 amide bonds. The lowest BCUT2D eigenvalue weighted by atomic mass is 10.1. The van der Waals surface area contributed by atoms with E-state index >= 15 is 0 Å². The smallest absolute Gasteiger partial charge is 0.231 e. The summed E-state index contributed by atoms with van der Waals surface area (Å²) in [6, 6.07) is 12.1. The fourth-order valence-corrected chi connectivity index (χ4v) is 3.48. The third-order valence-electron chi connectivity index (χ3n) is 4.30. The zero-order valence-electron chi connectivity index (χ0n) is 14.4. The lowest BCUT2D eigenvalue weighted by molar-refractivity contribution is 0.174. The first kappa shape index (κ1) is 16.9. The zero-order chi connectivity index (χ0) is 17.9. The standard InChI is InChI=1S/C19H19N3O3S/c1-26-14-3-4-16-15(9-14)19(21-11-20-16)22(6-7-23)10-13-2-5-17-18(8-13)25-12-24-17/h2-5,8-9,11,23H,6-7,10,12H2,1H3. The summed E-state index contributed by atoms with van der Waals surface area (Å²) in [5.41, 5.74) is 1.96. The normalized spacial score (nSPS) is 12.5. The maximum atomic E-state index is 9.57. The lowest BCUT2D eigenvalue weighted by Crippen LogP contribution is -2.27. The van der Waals surface area contributed by atoms with Crippen LogP contribution in [0.25, 0.3) is 10.9 Å². The van der Waals surface area contributed by atoms with Crippen molar-refractivity contribution in [3.63, 3.8) is 0 Å². The Bertz CT molecular complexity index is 935. The number of aliphatic hydroxyl groups excluding tert-OH is 1. The molecule has 0 bridgehead atoms. The highest BCUT2D eigenvalue weighted by Crippen LogP contribution is 2.34. The number of rotatable bonds is 6. The van der Waals surface area contributed by atoms with Crippen molar-refractivity contribution in [2.24, 2.45) is 0 Å². The Kier molecular flexibility index (Phi) is 4.81. The van der Waals surface area contributed by atoms with Gasteiger partial charge in [0.15, 0.2) is 11.5 Å². The van der Waals surface area contributed by atoms with Crippen LogP contribution in [0, 0.1) is 0 Å². The van der Waals surface area contributed by atoms with Gasteiger partial charge in [-0.25, -0.2) is 9.97 Å². The summed E-state index contributed by atoms with van der Waals surface area (Å²) in [5, 5.41) is 10.5. The van der Waals surface area contributed by atoms with Gasteiger partial charge in [0.25, 0.3) is 0 Å². The van der Waals surface area contributed by atoms with E-state index in [1.54, 1.807) is 18.1 Å². The number of anilines is 1. The highest BCUT2D eigenvalue weighted by Gasteiger charge is 2.17. The molecule has 3 aromatic rings. The second-order valence-corrected chi connectivity index (χ2v) is 6.79. The Hall–Kier alpha value is -2.51. The van der Waals surface area contributed by atoms with Crippen LogP contribution >= 0.6 is 11.8 Å². The molecule has 2 aromatic carbocycles. The molecule has 1 aliphatic heterocycles. The molecule has 0 atom stereocenters. The monoisotopic (exact) mass is 369 g/mol. The molecule has 4 rings (SSSR count). The van der Waals surface area contributed by atoms with Crippen molar-refractivity contribution in [3.8, 4) is 11.5 Å². The van der Waals surface area contributed by atoms with Gasteiger partial charge in [0.2, 0.25) is 6.79 Å². The average molecular weight is 369 g/mol. The largest absolute Gasteiger partial charge is 0.454 e. The van der Waals surface area contributed by atoms with Gasteiger partial charge in [-0.15, -0.1) is 11.8 Å². The number of hydrogen-bond acceptors (Lipinski definition) is 7. The highest BCUT2D eigenvalue weighted by molar-refractivity contribution is 7.98. The minimum absolute atomic E-state index is 0.0399. The van der Waals surface area contributed by atoms with Crippen LogP contribution in [0.5, 0.6) is 11.5 Å². The molecule has 0 fully saturated rings. The first-order valence-corrected chi connectivity index (χ1v) is 9.54. The molecule has 26 heavy (non-hydrogen) atoms. The van der Waals surface area contributed by atoms with E-state index in [4.69, 9.17) is 9.47 Å². The summed E-state index contributed by atoms with van der Waals surface area (Å²) in [6.07, 6.45) is 3.61. The van der Waals surface area contributed by atoms with Gasteiger partial charge in [-0.05, 0) is 42.2 Å². The van der Waals surface area contributed by atoms with Crippen LogP contribution in [-0.2, 0) is 6.54 Å². The fourth-order valence-electron chi connectivity index (χ4n) is 3.04. The van der Waals surface area contributed by atoms with Gasteiger partial charge in [0.05, 0.1) is 12.1 Å². The van der Waals surface area contributed by atoms with Crippen molar-refractivity contribution in [1.82, 2.24) is 9.97 Å². The molecule has 0 spiro atoms. The third kappa shape index (κ3) is 3.27. The number of aliphatic hydroxyl groups is 1. The molecule has 1 aromatic heterocycles. The SMILES string of the molecule is CSc1ccc2ncnc(N(CCO)Cc3ccc4c(c3)OCO4)c2c1. The van der Waals surface area contributed by atoms with Crippen LogP contribution in [0.1, 0.15) is 5.56 Å². The number of aromatic nitrogens is 2. The van der Waals surface area contributed by atoms with Crippen LogP contribution < -0.4 is 14.4 Å². The van der Waals surface area contributed by atoms with Gasteiger partial charge in [-0.2, -0.15) is 0 Å². The molecule has 134 valence electrons. The van der Waals surface area contributed by atoms with Crippen molar-refractivity contribution >= 4 is 28.5 Å². The van der Waals surface area contributed by atoms with Gasteiger partial charge in [-0.3, -0.25) is 0 Å². The van der Waals surface area contributed by atoms with E-state index in [1.165, 1.54) is 0 Å². The van der Waals surface area contributed by atoms with E-state index in [1.807, 2.05) is 30.5 Å². The average Bonchev–Trinajstić information content (AvgIpc) is 3.14. The van der Waals surface area contributed by atoms with Crippen molar-refractivity contribution < 1.29 is 14.6 Å². The van der Waals surface area contributed by atoms with Crippen molar-refractivity contribution in [2.75, 3.05) is 31.1 Å². The molecular weight excluding hydrogens is 350 g/mol. The van der Waals surface area contributed by atoms with Gasteiger partial charge >= 0.3 is 0 Å². The predicted molar refractivity (Wildman–Crippen MR) is 102 cm³/mol. The van der Waals surface area contributed by atoms with Crippen LogP contribution in [0.15, 0.2) is 47.6 Å². The van der Waals surface area contributed by atoms with Crippen molar-refractivity contribution in [2.45, 2.75) is 11.4 Å². The van der Waals surface area contributed by atoms with E-state index in [0.29, 0.717) is 13.1 Å². The van der Waals surface area contributed by atoms with Crippen LogP contribution in [-0.4, -0.2) is 41.3 Å². The molecular formula is C19H19N3O3S. The zero-order valence-corrected chi connectivity index (χ0v) is 15.2. The minimum atomic E-state index is 0.0399. The van der Waals surface area contributed by atoms with Gasteiger partial charge in [0, 0.05) is 23.4 Å². The first-order valence-electron chi connectivity index (χ1n) is 8.31. The highest BCUT2D eigenvalue weighted by atomic mass is 32.2. The molecule has 0 saturated heterocycles. The molecule has 1 aliphatic rings. The van der Waals surface area contributed by atoms with E-state index < -0.39 is 0 Å². The Balaban J connectivity index is 1.71. The summed E-state index contributed by atoms with van der Waals surface area (Å²) in [5.74, 6) is 2.33. The van der Waals surface area contributed by atoms with Crippen LogP contribution in [0.3, 0.4) is 0 Å². The Morgan fingerprint density at radius 1 is 1.12 bits per heavy atom. The van der Waals surface area contributed by atoms with E-state index in [0.717, 1.165) is 38.7 Å². The second kappa shape index (κ2) is 7.39. The maximum Gasteiger partial charge on any atom is 0.231 e. The van der Waals surface area contributed by atoms with E-state index in [9.17, 15) is 5.11 Å². The summed E-state index contributed by atoms with van der Waals surface area (Å²) in [7, 11) is 0. The molecule has 0 aliphatic carbocycles. The van der Waals surface area contributed by atoms with Gasteiger partial charge in [-0.1, -0.05) is 6.07 Å². The Morgan fingerprint density at radius 3 is 2.85 bits per heavy atom. The number of benzene rings is 2.